The fraction of sp³-hybridized carbons (Fsp3) is 0.692. The zero-order chi connectivity index (χ0) is 15.5. The summed E-state index contributed by atoms with van der Waals surface area (Å²) in [5, 5.41) is 3.76. The summed E-state index contributed by atoms with van der Waals surface area (Å²) >= 11 is 1.42. The molecule has 2 rings (SSSR count). The number of thiazole rings is 1. The number of hydrogen-bond donors (Lipinski definition) is 1. The predicted octanol–water partition coefficient (Wildman–Crippen LogP) is 1.17. The quantitative estimate of drug-likeness (QED) is 0.848. The number of carbonyl (C=O) groups excluding carboxylic acids is 1. The molecule has 0 aliphatic carbocycles. The molecule has 0 radical (unpaired) electrons. The van der Waals surface area contributed by atoms with Crippen LogP contribution in [0, 0.1) is 6.92 Å². The van der Waals surface area contributed by atoms with E-state index < -0.39 is 10.0 Å². The van der Waals surface area contributed by atoms with Crippen molar-refractivity contribution < 1.29 is 13.2 Å². The zero-order valence-electron chi connectivity index (χ0n) is 12.4. The molecule has 1 aliphatic rings. The van der Waals surface area contributed by atoms with Crippen molar-refractivity contribution in [2.24, 2.45) is 0 Å². The topological polar surface area (TPSA) is 79.4 Å². The molecule has 8 heteroatoms. The molecule has 118 valence electrons. The Morgan fingerprint density at radius 1 is 1.48 bits per heavy atom. The van der Waals surface area contributed by atoms with Gasteiger partial charge in [0.25, 0.3) is 5.91 Å². The molecule has 2 heterocycles. The minimum atomic E-state index is -3.09. The van der Waals surface area contributed by atoms with Gasteiger partial charge in [0.15, 0.2) is 0 Å². The number of sulfonamides is 1. The molecular formula is C13H21N3O3S2. The normalized spacial score (nSPS) is 18.0. The van der Waals surface area contributed by atoms with E-state index in [0.29, 0.717) is 30.9 Å². The van der Waals surface area contributed by atoms with E-state index in [1.54, 1.807) is 0 Å². The first-order valence-electron chi connectivity index (χ1n) is 7.16. The molecule has 1 saturated heterocycles. The summed E-state index contributed by atoms with van der Waals surface area (Å²) in [4.78, 5) is 17.1. The number of nitrogens with one attached hydrogen (secondary N) is 1. The van der Waals surface area contributed by atoms with Gasteiger partial charge in [-0.05, 0) is 26.2 Å². The number of aromatic nitrogens is 1. The summed E-state index contributed by atoms with van der Waals surface area (Å²) < 4.78 is 24.7. The number of aryl methyl sites for hydroxylation is 2. The average molecular weight is 331 g/mol. The Bertz CT molecular complexity index is 610. The number of carbonyl (C=O) groups is 1. The highest BCUT2D eigenvalue weighted by Crippen LogP contribution is 2.19. The molecule has 1 aromatic rings. The molecule has 0 atom stereocenters. The van der Waals surface area contributed by atoms with Gasteiger partial charge >= 0.3 is 0 Å². The van der Waals surface area contributed by atoms with Gasteiger partial charge in [-0.1, -0.05) is 6.92 Å². The smallest absolute Gasteiger partial charge is 0.263 e. The van der Waals surface area contributed by atoms with E-state index in [0.717, 1.165) is 23.5 Å². The molecule has 1 amide bonds. The molecule has 0 aromatic carbocycles. The van der Waals surface area contributed by atoms with Gasteiger partial charge in [0.05, 0.1) is 16.5 Å². The standard InChI is InChI=1S/C13H21N3O3S2/c1-3-5-11-15-10(2)12(20-11)13(17)14-6-8-16-7-4-9-21(16,18)19/h3-9H2,1-2H3,(H,14,17). The molecule has 21 heavy (non-hydrogen) atoms. The SMILES string of the molecule is CCCc1nc(C)c(C(=O)NCCN2CCCS2(=O)=O)s1. The van der Waals surface area contributed by atoms with Gasteiger partial charge in [0, 0.05) is 19.6 Å². The summed E-state index contributed by atoms with van der Waals surface area (Å²) in [5.74, 6) is 0.0545. The molecular weight excluding hydrogens is 310 g/mol. The van der Waals surface area contributed by atoms with Crippen LogP contribution in [0.4, 0.5) is 0 Å². The third-order valence-electron chi connectivity index (χ3n) is 3.36. The Morgan fingerprint density at radius 2 is 2.24 bits per heavy atom. The molecule has 6 nitrogen and oxygen atoms in total. The highest BCUT2D eigenvalue weighted by atomic mass is 32.2. The van der Waals surface area contributed by atoms with E-state index in [4.69, 9.17) is 0 Å². The van der Waals surface area contributed by atoms with Crippen molar-refractivity contribution in [3.05, 3.63) is 15.6 Å². The monoisotopic (exact) mass is 331 g/mol. The van der Waals surface area contributed by atoms with E-state index in [9.17, 15) is 13.2 Å². The van der Waals surface area contributed by atoms with E-state index in [1.807, 2.05) is 6.92 Å². The van der Waals surface area contributed by atoms with Crippen molar-refractivity contribution in [1.82, 2.24) is 14.6 Å². The second-order valence-corrected chi connectivity index (χ2v) is 8.27. The highest BCUT2D eigenvalue weighted by Gasteiger charge is 2.27. The molecule has 0 unspecified atom stereocenters. The Balaban J connectivity index is 1.87. The molecule has 1 aliphatic heterocycles. The van der Waals surface area contributed by atoms with Crippen LogP contribution < -0.4 is 5.32 Å². The molecule has 0 saturated carbocycles. The minimum absolute atomic E-state index is 0.163. The van der Waals surface area contributed by atoms with Crippen LogP contribution in [-0.2, 0) is 16.4 Å². The highest BCUT2D eigenvalue weighted by molar-refractivity contribution is 7.89. The van der Waals surface area contributed by atoms with E-state index in [-0.39, 0.29) is 11.7 Å². The van der Waals surface area contributed by atoms with Crippen LogP contribution in [0.2, 0.25) is 0 Å². The van der Waals surface area contributed by atoms with Crippen LogP contribution >= 0.6 is 11.3 Å². The third kappa shape index (κ3) is 4.02. The number of hydrogen-bond acceptors (Lipinski definition) is 5. The first kappa shape index (κ1) is 16.4. The van der Waals surface area contributed by atoms with Crippen LogP contribution in [0.15, 0.2) is 0 Å². The van der Waals surface area contributed by atoms with Gasteiger partial charge in [-0.3, -0.25) is 4.79 Å². The summed E-state index contributed by atoms with van der Waals surface area (Å²) in [6, 6.07) is 0. The van der Waals surface area contributed by atoms with Crippen molar-refractivity contribution in [1.29, 1.82) is 0 Å². The van der Waals surface area contributed by atoms with Crippen LogP contribution in [0.3, 0.4) is 0 Å². The first-order chi connectivity index (χ1) is 9.94. The summed E-state index contributed by atoms with van der Waals surface area (Å²) in [5.41, 5.74) is 0.745. The Morgan fingerprint density at radius 3 is 2.86 bits per heavy atom. The number of nitrogens with zero attached hydrogens (tertiary/aromatic N) is 2. The van der Waals surface area contributed by atoms with Crippen molar-refractivity contribution in [2.75, 3.05) is 25.4 Å². The fourth-order valence-corrected chi connectivity index (χ4v) is 4.91. The fourth-order valence-electron chi connectivity index (χ4n) is 2.30. The molecule has 0 bridgehead atoms. The summed E-state index contributed by atoms with van der Waals surface area (Å²) in [7, 11) is -3.09. The van der Waals surface area contributed by atoms with E-state index >= 15 is 0 Å². The first-order valence-corrected chi connectivity index (χ1v) is 9.59. The van der Waals surface area contributed by atoms with Crippen LogP contribution in [-0.4, -0.2) is 49.0 Å². The van der Waals surface area contributed by atoms with Crippen molar-refractivity contribution >= 4 is 27.3 Å². The minimum Gasteiger partial charge on any atom is -0.350 e. The molecule has 1 N–H and O–H groups in total. The van der Waals surface area contributed by atoms with Gasteiger partial charge in [0.2, 0.25) is 10.0 Å². The van der Waals surface area contributed by atoms with Gasteiger partial charge in [0.1, 0.15) is 4.88 Å². The van der Waals surface area contributed by atoms with Crippen LogP contribution in [0.5, 0.6) is 0 Å². The lowest BCUT2D eigenvalue weighted by Gasteiger charge is -2.14. The number of amides is 1. The van der Waals surface area contributed by atoms with Crippen molar-refractivity contribution in [3.63, 3.8) is 0 Å². The maximum Gasteiger partial charge on any atom is 0.263 e. The summed E-state index contributed by atoms with van der Waals surface area (Å²) in [6.07, 6.45) is 2.55. The van der Waals surface area contributed by atoms with Crippen molar-refractivity contribution in [3.8, 4) is 0 Å². The molecule has 1 fully saturated rings. The Kier molecular flexibility index (Phi) is 5.34. The Hall–Kier alpha value is -0.990. The summed E-state index contributed by atoms with van der Waals surface area (Å²) in [6.45, 7) is 5.13. The number of rotatable bonds is 6. The van der Waals surface area contributed by atoms with Crippen LogP contribution in [0.1, 0.15) is 40.1 Å². The average Bonchev–Trinajstić information content (AvgIpc) is 2.93. The largest absolute Gasteiger partial charge is 0.350 e. The Labute approximate surface area is 129 Å². The second-order valence-electron chi connectivity index (χ2n) is 5.10. The van der Waals surface area contributed by atoms with Gasteiger partial charge in [-0.25, -0.2) is 17.7 Å². The lowest BCUT2D eigenvalue weighted by atomic mass is 10.3. The van der Waals surface area contributed by atoms with Gasteiger partial charge in [-0.15, -0.1) is 11.3 Å². The molecule has 0 spiro atoms. The van der Waals surface area contributed by atoms with Gasteiger partial charge in [-0.2, -0.15) is 0 Å². The molecule has 1 aromatic heterocycles. The lowest BCUT2D eigenvalue weighted by Crippen LogP contribution is -2.35. The van der Waals surface area contributed by atoms with Crippen molar-refractivity contribution in [2.45, 2.75) is 33.1 Å². The second kappa shape index (κ2) is 6.85. The maximum absolute atomic E-state index is 12.1. The third-order valence-corrected chi connectivity index (χ3v) is 6.53. The van der Waals surface area contributed by atoms with Crippen LogP contribution in [0.25, 0.3) is 0 Å². The van der Waals surface area contributed by atoms with E-state index in [2.05, 4.69) is 17.2 Å². The predicted molar refractivity (Wildman–Crippen MR) is 83.2 cm³/mol. The van der Waals surface area contributed by atoms with E-state index in [1.165, 1.54) is 15.6 Å². The maximum atomic E-state index is 12.1. The van der Waals surface area contributed by atoms with Gasteiger partial charge < -0.3 is 5.32 Å². The lowest BCUT2D eigenvalue weighted by molar-refractivity contribution is 0.0955. The zero-order valence-corrected chi connectivity index (χ0v) is 14.0.